The minimum Gasteiger partial charge on any atom is -0.378 e. The number of carbonyl (C=O) groups is 1. The summed E-state index contributed by atoms with van der Waals surface area (Å²) < 4.78 is 16.4. The normalized spacial score (nSPS) is 23.8. The van der Waals surface area contributed by atoms with Gasteiger partial charge in [-0.15, -0.1) is 5.10 Å². The van der Waals surface area contributed by atoms with Crippen molar-refractivity contribution < 1.29 is 19.0 Å². The lowest BCUT2D eigenvalue weighted by atomic mass is 9.96. The molecule has 0 radical (unpaired) electrons. The van der Waals surface area contributed by atoms with Gasteiger partial charge in [0.1, 0.15) is 6.10 Å². The van der Waals surface area contributed by atoms with Gasteiger partial charge >= 0.3 is 0 Å². The van der Waals surface area contributed by atoms with E-state index in [0.29, 0.717) is 25.6 Å². The number of ether oxygens (including phenoxy) is 3. The fourth-order valence-corrected chi connectivity index (χ4v) is 2.74. The standard InChI is InChI=1S/C16H26N4O4/c1-11-5-6-14(19-18-11)20(2)8-15(21)17-7-12-9-24-10-13(22-3)16(12)23-4/h5-6,12-13,16H,7-10H2,1-4H3,(H,17,21)/t12-,13-,16+/m1/s1. The highest BCUT2D eigenvalue weighted by Crippen LogP contribution is 2.19. The lowest BCUT2D eigenvalue weighted by Crippen LogP contribution is -2.51. The molecular formula is C16H26N4O4. The number of amides is 1. The van der Waals surface area contributed by atoms with Crippen LogP contribution in [0, 0.1) is 12.8 Å². The number of hydrogen-bond donors (Lipinski definition) is 1. The Bertz CT molecular complexity index is 525. The zero-order valence-electron chi connectivity index (χ0n) is 14.7. The molecule has 2 heterocycles. The number of likely N-dealkylation sites (N-methyl/N-ethyl adjacent to an activating group) is 1. The van der Waals surface area contributed by atoms with Crippen molar-refractivity contribution in [2.24, 2.45) is 5.92 Å². The first-order valence-corrected chi connectivity index (χ1v) is 7.96. The first-order valence-electron chi connectivity index (χ1n) is 7.96. The Morgan fingerprint density at radius 1 is 1.33 bits per heavy atom. The molecule has 2 rings (SSSR count). The molecule has 24 heavy (non-hydrogen) atoms. The van der Waals surface area contributed by atoms with E-state index in [1.807, 2.05) is 26.1 Å². The van der Waals surface area contributed by atoms with Crippen molar-refractivity contribution in [2.45, 2.75) is 19.1 Å². The summed E-state index contributed by atoms with van der Waals surface area (Å²) in [5, 5.41) is 11.0. The number of nitrogens with one attached hydrogen (secondary N) is 1. The molecule has 0 saturated carbocycles. The summed E-state index contributed by atoms with van der Waals surface area (Å²) in [6, 6.07) is 3.71. The summed E-state index contributed by atoms with van der Waals surface area (Å²) in [4.78, 5) is 13.9. The molecule has 8 heteroatoms. The fourth-order valence-electron chi connectivity index (χ4n) is 2.74. The van der Waals surface area contributed by atoms with Crippen LogP contribution in [0.3, 0.4) is 0 Å². The highest BCUT2D eigenvalue weighted by Gasteiger charge is 2.34. The molecule has 1 aromatic heterocycles. The van der Waals surface area contributed by atoms with Gasteiger partial charge in [-0.2, -0.15) is 5.10 Å². The predicted molar refractivity (Wildman–Crippen MR) is 89.0 cm³/mol. The Morgan fingerprint density at radius 2 is 2.12 bits per heavy atom. The lowest BCUT2D eigenvalue weighted by molar-refractivity contribution is -0.147. The maximum atomic E-state index is 12.2. The average Bonchev–Trinajstić information content (AvgIpc) is 2.59. The van der Waals surface area contributed by atoms with Gasteiger partial charge in [0.15, 0.2) is 5.82 Å². The second kappa shape index (κ2) is 8.91. The van der Waals surface area contributed by atoms with Crippen LogP contribution in [-0.2, 0) is 19.0 Å². The van der Waals surface area contributed by atoms with E-state index in [0.717, 1.165) is 5.69 Å². The molecule has 1 N–H and O–H groups in total. The Kier molecular flexibility index (Phi) is 6.89. The number of nitrogens with zero attached hydrogens (tertiary/aromatic N) is 3. The first kappa shape index (κ1) is 18.6. The SMILES string of the molecule is CO[C@H]1[C@H](CNC(=O)CN(C)c2ccc(C)nn2)COC[C@H]1OC. The van der Waals surface area contributed by atoms with Crippen molar-refractivity contribution in [1.82, 2.24) is 15.5 Å². The predicted octanol–water partition coefficient (Wildman–Crippen LogP) is 0.0138. The molecule has 1 aliphatic heterocycles. The summed E-state index contributed by atoms with van der Waals surface area (Å²) in [6.45, 7) is 3.60. The molecule has 0 bridgehead atoms. The van der Waals surface area contributed by atoms with E-state index in [1.54, 1.807) is 19.1 Å². The molecule has 1 amide bonds. The van der Waals surface area contributed by atoms with Gasteiger partial charge < -0.3 is 24.4 Å². The summed E-state index contributed by atoms with van der Waals surface area (Å²) in [7, 11) is 5.10. The number of aromatic nitrogens is 2. The zero-order chi connectivity index (χ0) is 17.5. The van der Waals surface area contributed by atoms with Gasteiger partial charge in [0.2, 0.25) is 5.91 Å². The maximum absolute atomic E-state index is 12.2. The van der Waals surface area contributed by atoms with Crippen LogP contribution in [0.1, 0.15) is 5.69 Å². The van der Waals surface area contributed by atoms with Gasteiger partial charge in [0.05, 0.1) is 31.6 Å². The van der Waals surface area contributed by atoms with Gasteiger partial charge in [-0.3, -0.25) is 4.79 Å². The van der Waals surface area contributed by atoms with Crippen LogP contribution >= 0.6 is 0 Å². The van der Waals surface area contributed by atoms with Crippen molar-refractivity contribution in [1.29, 1.82) is 0 Å². The summed E-state index contributed by atoms with van der Waals surface area (Å²) in [6.07, 6.45) is -0.207. The smallest absolute Gasteiger partial charge is 0.239 e. The molecule has 0 spiro atoms. The Morgan fingerprint density at radius 3 is 2.75 bits per heavy atom. The molecule has 0 unspecified atom stereocenters. The molecule has 1 aliphatic rings. The maximum Gasteiger partial charge on any atom is 0.239 e. The van der Waals surface area contributed by atoms with Crippen LogP contribution in [0.2, 0.25) is 0 Å². The van der Waals surface area contributed by atoms with Crippen molar-refractivity contribution in [3.8, 4) is 0 Å². The van der Waals surface area contributed by atoms with Crippen LogP contribution < -0.4 is 10.2 Å². The molecule has 1 saturated heterocycles. The quantitative estimate of drug-likeness (QED) is 0.750. The van der Waals surface area contributed by atoms with E-state index in [1.165, 1.54) is 0 Å². The second-order valence-corrected chi connectivity index (χ2v) is 5.97. The third-order valence-corrected chi connectivity index (χ3v) is 4.14. The largest absolute Gasteiger partial charge is 0.378 e. The minimum absolute atomic E-state index is 0.0575. The average molecular weight is 338 g/mol. The van der Waals surface area contributed by atoms with Crippen molar-refractivity contribution in [2.75, 3.05) is 52.5 Å². The number of rotatable bonds is 7. The molecule has 134 valence electrons. The van der Waals surface area contributed by atoms with Gasteiger partial charge in [0, 0.05) is 33.7 Å². The van der Waals surface area contributed by atoms with Gasteiger partial charge in [0.25, 0.3) is 0 Å². The topological polar surface area (TPSA) is 85.8 Å². The Labute approximate surface area is 142 Å². The van der Waals surface area contributed by atoms with Crippen molar-refractivity contribution in [3.05, 3.63) is 17.8 Å². The zero-order valence-corrected chi connectivity index (χ0v) is 14.7. The summed E-state index contributed by atoms with van der Waals surface area (Å²) >= 11 is 0. The Hall–Kier alpha value is -1.77. The number of methoxy groups -OCH3 is 2. The summed E-state index contributed by atoms with van der Waals surface area (Å²) in [5.41, 5.74) is 0.840. The van der Waals surface area contributed by atoms with E-state index in [2.05, 4.69) is 15.5 Å². The van der Waals surface area contributed by atoms with Gasteiger partial charge in [-0.25, -0.2) is 0 Å². The monoisotopic (exact) mass is 338 g/mol. The van der Waals surface area contributed by atoms with Crippen molar-refractivity contribution >= 4 is 11.7 Å². The molecule has 8 nitrogen and oxygen atoms in total. The second-order valence-electron chi connectivity index (χ2n) is 5.97. The Balaban J connectivity index is 1.82. The van der Waals surface area contributed by atoms with Crippen molar-refractivity contribution in [3.63, 3.8) is 0 Å². The van der Waals surface area contributed by atoms with E-state index in [9.17, 15) is 4.79 Å². The number of hydrogen-bond acceptors (Lipinski definition) is 7. The van der Waals surface area contributed by atoms with Gasteiger partial charge in [-0.05, 0) is 19.1 Å². The third-order valence-electron chi connectivity index (χ3n) is 4.14. The number of anilines is 1. The lowest BCUT2D eigenvalue weighted by Gasteiger charge is -2.36. The summed E-state index contributed by atoms with van der Waals surface area (Å²) in [5.74, 6) is 0.627. The number of aryl methyl sites for hydroxylation is 1. The molecule has 1 fully saturated rings. The molecule has 0 aromatic carbocycles. The first-order chi connectivity index (χ1) is 11.5. The highest BCUT2D eigenvalue weighted by atomic mass is 16.6. The van der Waals surface area contributed by atoms with E-state index in [4.69, 9.17) is 14.2 Å². The molecule has 0 aliphatic carbocycles. The molecule has 3 atom stereocenters. The highest BCUT2D eigenvalue weighted by molar-refractivity contribution is 5.80. The molecule has 1 aromatic rings. The fraction of sp³-hybridized carbons (Fsp3) is 0.688. The van der Waals surface area contributed by atoms with Crippen LogP contribution in [0.25, 0.3) is 0 Å². The minimum atomic E-state index is -0.115. The van der Waals surface area contributed by atoms with E-state index < -0.39 is 0 Å². The van der Waals surface area contributed by atoms with Crippen LogP contribution in [0.15, 0.2) is 12.1 Å². The van der Waals surface area contributed by atoms with Crippen LogP contribution in [0.5, 0.6) is 0 Å². The third kappa shape index (κ3) is 4.86. The van der Waals surface area contributed by atoms with Crippen LogP contribution in [-0.4, -0.2) is 75.9 Å². The van der Waals surface area contributed by atoms with Gasteiger partial charge in [-0.1, -0.05) is 0 Å². The van der Waals surface area contributed by atoms with E-state index >= 15 is 0 Å². The molecular weight excluding hydrogens is 312 g/mol. The number of carbonyl (C=O) groups excluding carboxylic acids is 1. The van der Waals surface area contributed by atoms with Crippen LogP contribution in [0.4, 0.5) is 5.82 Å². The van der Waals surface area contributed by atoms with E-state index in [-0.39, 0.29) is 30.6 Å².